The fraction of sp³-hybridized carbons (Fsp3) is 0.500. The second-order valence-corrected chi connectivity index (χ2v) is 10.4. The summed E-state index contributed by atoms with van der Waals surface area (Å²) in [5.41, 5.74) is 2.69. The smallest absolute Gasteiger partial charge is 0.319 e. The number of sulfone groups is 1. The van der Waals surface area contributed by atoms with Crippen molar-refractivity contribution in [2.24, 2.45) is 0 Å². The summed E-state index contributed by atoms with van der Waals surface area (Å²) >= 11 is 0. The van der Waals surface area contributed by atoms with Crippen molar-refractivity contribution in [1.29, 1.82) is 0 Å². The van der Waals surface area contributed by atoms with Crippen molar-refractivity contribution < 1.29 is 17.9 Å². The fourth-order valence-corrected chi connectivity index (χ4v) is 5.63. The van der Waals surface area contributed by atoms with E-state index in [9.17, 15) is 13.2 Å². The van der Waals surface area contributed by atoms with Crippen molar-refractivity contribution in [3.63, 3.8) is 0 Å². The minimum atomic E-state index is -3.31. The van der Waals surface area contributed by atoms with Crippen LogP contribution in [0.5, 0.6) is 0 Å². The van der Waals surface area contributed by atoms with Crippen molar-refractivity contribution in [3.8, 4) is 11.4 Å². The van der Waals surface area contributed by atoms with Crippen LogP contribution in [0.3, 0.4) is 0 Å². The molecule has 4 rings (SSSR count). The van der Waals surface area contributed by atoms with Crippen molar-refractivity contribution in [3.05, 3.63) is 35.5 Å². The monoisotopic (exact) mass is 459 g/mol. The van der Waals surface area contributed by atoms with E-state index < -0.39 is 15.1 Å². The summed E-state index contributed by atoms with van der Waals surface area (Å²) in [5.74, 6) is 1.09. The van der Waals surface area contributed by atoms with Crippen LogP contribution in [-0.4, -0.2) is 56.8 Å². The molecule has 2 atom stereocenters. The van der Waals surface area contributed by atoms with Crippen LogP contribution in [0.15, 0.2) is 24.3 Å². The average Bonchev–Trinajstić information content (AvgIpc) is 3.02. The maximum Gasteiger partial charge on any atom is 0.319 e. The lowest BCUT2D eigenvalue weighted by atomic mass is 10.1. The zero-order chi connectivity index (χ0) is 22.9. The third kappa shape index (κ3) is 4.29. The molecule has 2 N–H and O–H groups in total. The summed E-state index contributed by atoms with van der Waals surface area (Å²) in [4.78, 5) is 23.4. The summed E-state index contributed by atoms with van der Waals surface area (Å²) in [6.45, 7) is 8.02. The van der Waals surface area contributed by atoms with Crippen LogP contribution >= 0.6 is 0 Å². The molecule has 0 aliphatic carbocycles. The van der Waals surface area contributed by atoms with Crippen LogP contribution in [-0.2, 0) is 20.3 Å². The van der Waals surface area contributed by atoms with Crippen molar-refractivity contribution >= 4 is 27.4 Å². The lowest BCUT2D eigenvalue weighted by molar-refractivity contribution is 0.0924. The lowest BCUT2D eigenvalue weighted by Gasteiger charge is -2.37. The number of nitrogens with one attached hydrogen (secondary N) is 2. The molecule has 2 amide bonds. The van der Waals surface area contributed by atoms with Gasteiger partial charge in [0.1, 0.15) is 5.82 Å². The van der Waals surface area contributed by atoms with Crippen molar-refractivity contribution in [2.75, 3.05) is 36.5 Å². The number of hydrogen-bond acceptors (Lipinski definition) is 7. The van der Waals surface area contributed by atoms with Gasteiger partial charge < -0.3 is 20.3 Å². The van der Waals surface area contributed by atoms with E-state index in [2.05, 4.69) is 27.4 Å². The summed E-state index contributed by atoms with van der Waals surface area (Å²) in [6.07, 6.45) is 0.870. The highest BCUT2D eigenvalue weighted by molar-refractivity contribution is 7.91. The minimum Gasteiger partial charge on any atom is -0.377 e. The summed E-state index contributed by atoms with van der Waals surface area (Å²) in [5, 5.41) is 4.82. The molecular formula is C22H29N5O4S. The van der Waals surface area contributed by atoms with Gasteiger partial charge >= 0.3 is 6.03 Å². The summed E-state index contributed by atoms with van der Waals surface area (Å²) in [6, 6.07) is 7.09. The largest absolute Gasteiger partial charge is 0.377 e. The van der Waals surface area contributed by atoms with Gasteiger partial charge in [-0.3, -0.25) is 0 Å². The molecular weight excluding hydrogens is 430 g/mol. The Morgan fingerprint density at radius 1 is 1.22 bits per heavy atom. The molecule has 1 saturated heterocycles. The van der Waals surface area contributed by atoms with E-state index in [1.807, 2.05) is 19.1 Å². The highest BCUT2D eigenvalue weighted by Crippen LogP contribution is 2.42. The number of benzene rings is 1. The number of aromatic nitrogens is 2. The number of carbonyl (C=O) groups excluding carboxylic acids is 1. The fourth-order valence-electron chi connectivity index (χ4n) is 4.18. The maximum absolute atomic E-state index is 12.7. The summed E-state index contributed by atoms with van der Waals surface area (Å²) < 4.78 is 31.0. The maximum atomic E-state index is 12.7. The average molecular weight is 460 g/mol. The minimum absolute atomic E-state index is 0.0794. The lowest BCUT2D eigenvalue weighted by Crippen LogP contribution is -2.46. The van der Waals surface area contributed by atoms with E-state index in [4.69, 9.17) is 9.72 Å². The summed E-state index contributed by atoms with van der Waals surface area (Å²) in [7, 11) is -3.31. The van der Waals surface area contributed by atoms with Crippen LogP contribution in [0.25, 0.3) is 11.4 Å². The SMILES string of the molecule is CCNC(=O)Nc1ccc(-c2nc3c(c(N4CCOC[C@@H]4CC)n2)[C@H](C)S(=O)(=O)C3)cc1. The Kier molecular flexibility index (Phi) is 6.34. The first kappa shape index (κ1) is 22.5. The van der Waals surface area contributed by atoms with Gasteiger partial charge in [-0.1, -0.05) is 6.92 Å². The molecule has 3 heterocycles. The van der Waals surface area contributed by atoms with Gasteiger partial charge in [-0.25, -0.2) is 23.2 Å². The van der Waals surface area contributed by atoms with Gasteiger partial charge in [0.2, 0.25) is 0 Å². The van der Waals surface area contributed by atoms with Crippen LogP contribution in [0.2, 0.25) is 0 Å². The molecule has 0 bridgehead atoms. The van der Waals surface area contributed by atoms with Gasteiger partial charge in [-0.05, 0) is 44.5 Å². The van der Waals surface area contributed by atoms with E-state index in [1.54, 1.807) is 19.1 Å². The first-order valence-corrected chi connectivity index (χ1v) is 12.7. The molecule has 0 radical (unpaired) electrons. The number of anilines is 2. The first-order valence-electron chi connectivity index (χ1n) is 11.0. The van der Waals surface area contributed by atoms with Gasteiger partial charge in [0.15, 0.2) is 15.7 Å². The molecule has 9 nitrogen and oxygen atoms in total. The number of amides is 2. The highest BCUT2D eigenvalue weighted by atomic mass is 32.2. The third-order valence-corrected chi connectivity index (χ3v) is 7.99. The number of carbonyl (C=O) groups is 1. The molecule has 1 fully saturated rings. The second-order valence-electron chi connectivity index (χ2n) is 8.07. The quantitative estimate of drug-likeness (QED) is 0.707. The van der Waals surface area contributed by atoms with Crippen LogP contribution in [0.1, 0.15) is 43.7 Å². The molecule has 2 aliphatic rings. The Labute approximate surface area is 188 Å². The van der Waals surface area contributed by atoms with E-state index in [-0.39, 0.29) is 17.8 Å². The predicted molar refractivity (Wildman–Crippen MR) is 123 cm³/mol. The van der Waals surface area contributed by atoms with E-state index in [1.165, 1.54) is 0 Å². The van der Waals surface area contributed by atoms with Gasteiger partial charge in [-0.2, -0.15) is 0 Å². The molecule has 1 aromatic heterocycles. The predicted octanol–water partition coefficient (Wildman–Crippen LogP) is 2.89. The Bertz CT molecular complexity index is 1100. The Morgan fingerprint density at radius 2 is 1.97 bits per heavy atom. The van der Waals surface area contributed by atoms with Gasteiger partial charge in [-0.15, -0.1) is 0 Å². The number of fused-ring (bicyclic) bond motifs is 1. The van der Waals surface area contributed by atoms with Gasteiger partial charge in [0.05, 0.1) is 36.0 Å². The van der Waals surface area contributed by atoms with Crippen LogP contribution in [0, 0.1) is 0 Å². The van der Waals surface area contributed by atoms with Gasteiger partial charge in [0, 0.05) is 29.9 Å². The molecule has 0 saturated carbocycles. The second kappa shape index (κ2) is 9.03. The molecule has 10 heteroatoms. The third-order valence-electron chi connectivity index (χ3n) is 6.00. The van der Waals surface area contributed by atoms with Crippen molar-refractivity contribution in [2.45, 2.75) is 44.2 Å². The highest BCUT2D eigenvalue weighted by Gasteiger charge is 2.40. The van der Waals surface area contributed by atoms with Gasteiger partial charge in [0.25, 0.3) is 0 Å². The number of nitrogens with zero attached hydrogens (tertiary/aromatic N) is 3. The Morgan fingerprint density at radius 3 is 2.66 bits per heavy atom. The molecule has 0 unspecified atom stereocenters. The number of hydrogen-bond donors (Lipinski definition) is 2. The molecule has 0 spiro atoms. The zero-order valence-electron chi connectivity index (χ0n) is 18.6. The van der Waals surface area contributed by atoms with E-state index in [0.717, 1.165) is 12.0 Å². The number of ether oxygens (including phenoxy) is 1. The number of rotatable bonds is 5. The van der Waals surface area contributed by atoms with Crippen molar-refractivity contribution in [1.82, 2.24) is 15.3 Å². The molecule has 2 aromatic rings. The Hall–Kier alpha value is -2.72. The first-order chi connectivity index (χ1) is 15.3. The Balaban J connectivity index is 1.74. The standard InChI is InChI=1S/C22H29N5O4S/c1-4-17-12-31-11-10-27(17)21-19-14(3)32(29,30)13-18(19)25-20(26-21)15-6-8-16(9-7-15)24-22(28)23-5-2/h6-9,14,17H,4-5,10-13H2,1-3H3,(H2,23,24,28)/t14-,17-/m0/s1. The number of urea groups is 1. The molecule has 172 valence electrons. The van der Waals surface area contributed by atoms with Crippen LogP contribution in [0.4, 0.5) is 16.3 Å². The topological polar surface area (TPSA) is 114 Å². The number of morpholine rings is 1. The van der Waals surface area contributed by atoms with Crippen LogP contribution < -0.4 is 15.5 Å². The normalized spacial score (nSPS) is 21.8. The van der Waals surface area contributed by atoms with E-state index in [0.29, 0.717) is 54.9 Å². The molecule has 2 aliphatic heterocycles. The van der Waals surface area contributed by atoms with E-state index >= 15 is 0 Å². The molecule has 1 aromatic carbocycles. The molecule has 32 heavy (non-hydrogen) atoms. The zero-order valence-corrected chi connectivity index (χ0v) is 19.4.